The van der Waals surface area contributed by atoms with E-state index in [1.54, 1.807) is 6.92 Å². The number of hydrogen-bond donors (Lipinski definition) is 1. The fourth-order valence-electron chi connectivity index (χ4n) is 0. The molecule has 0 heterocycles. The third-order valence-electron chi connectivity index (χ3n) is 0. The molecule has 0 aromatic carbocycles. The number of carboxylic acids is 2. The number of carbonyl (C=O) groups is 2. The maximum absolute atomic E-state index is 8.89. The van der Waals surface area contributed by atoms with Crippen molar-refractivity contribution in [2.75, 3.05) is 6.61 Å². The molecule has 0 aromatic heterocycles. The quantitative estimate of drug-likeness (QED) is 0.446. The van der Waals surface area contributed by atoms with E-state index in [1.807, 2.05) is 0 Å². The molecule has 0 bridgehead atoms. The van der Waals surface area contributed by atoms with Gasteiger partial charge >= 0.3 is 17.1 Å². The maximum atomic E-state index is 8.89. The fourth-order valence-corrected chi connectivity index (χ4v) is 0. The van der Waals surface area contributed by atoms with E-state index in [9.17, 15) is 0 Å². The summed E-state index contributed by atoms with van der Waals surface area (Å²) in [5.74, 6) is -2.17. The van der Waals surface area contributed by atoms with Gasteiger partial charge in [-0.15, -0.1) is 0 Å². The molecule has 13 heavy (non-hydrogen) atoms. The van der Waals surface area contributed by atoms with E-state index < -0.39 is 11.9 Å². The van der Waals surface area contributed by atoms with Gasteiger partial charge in [0.25, 0.3) is 0 Å². The average Bonchev–Trinajstić information content (AvgIpc) is 1.60. The topological polar surface area (TPSA) is 132 Å². The number of rotatable bonds is 0. The van der Waals surface area contributed by atoms with Gasteiger partial charge in [-0.05, 0) is 20.8 Å². The van der Waals surface area contributed by atoms with Crippen LogP contribution >= 0.6 is 0 Å². The number of aliphatic hydroxyl groups excluding tert-OH is 1. The van der Waals surface area contributed by atoms with Crippen molar-refractivity contribution < 1.29 is 47.5 Å². The molecular weight excluding hydrogens is 232 g/mol. The molecule has 0 amide bonds. The zero-order valence-corrected chi connectivity index (χ0v) is 8.53. The third kappa shape index (κ3) is 2600. The molecule has 7 heteroatoms. The second kappa shape index (κ2) is 30.1. The van der Waals surface area contributed by atoms with E-state index in [2.05, 4.69) is 0 Å². The molecule has 0 aliphatic heterocycles. The number of hydrogen-bond acceptors (Lipinski definition) is 5. The SMILES string of the molecule is CC(=O)[O-].CC(=O)[O-].CCO.O.[Cu+2]. The van der Waals surface area contributed by atoms with E-state index >= 15 is 0 Å². The summed E-state index contributed by atoms with van der Waals surface area (Å²) in [4.78, 5) is 17.8. The number of carboxylic acid groups (broad SMARTS) is 2. The predicted octanol–water partition coefficient (Wildman–Crippen LogP) is -3.32. The van der Waals surface area contributed by atoms with E-state index in [0.29, 0.717) is 0 Å². The van der Waals surface area contributed by atoms with Crippen LogP contribution in [0.4, 0.5) is 0 Å². The molecule has 0 rings (SSSR count). The first-order valence-electron chi connectivity index (χ1n) is 2.84. The van der Waals surface area contributed by atoms with Crippen molar-refractivity contribution in [1.82, 2.24) is 0 Å². The van der Waals surface area contributed by atoms with E-state index in [-0.39, 0.29) is 29.2 Å². The molecule has 1 radical (unpaired) electrons. The molecule has 0 aromatic rings. The first kappa shape index (κ1) is 29.4. The van der Waals surface area contributed by atoms with Crippen molar-refractivity contribution in [3.05, 3.63) is 0 Å². The monoisotopic (exact) mass is 245 g/mol. The van der Waals surface area contributed by atoms with E-state index in [1.165, 1.54) is 0 Å². The van der Waals surface area contributed by atoms with Gasteiger partial charge in [0.05, 0.1) is 0 Å². The molecule has 0 atom stereocenters. The molecule has 0 aliphatic rings. The molecule has 85 valence electrons. The second-order valence-corrected chi connectivity index (χ2v) is 1.30. The number of carbonyl (C=O) groups excluding carboxylic acids is 2. The van der Waals surface area contributed by atoms with Crippen LogP contribution in [0.3, 0.4) is 0 Å². The largest absolute Gasteiger partial charge is 2.00 e. The Labute approximate surface area is 87.4 Å². The van der Waals surface area contributed by atoms with Gasteiger partial charge in [0.2, 0.25) is 0 Å². The van der Waals surface area contributed by atoms with Crippen LogP contribution in [0.25, 0.3) is 0 Å². The van der Waals surface area contributed by atoms with E-state index in [0.717, 1.165) is 13.8 Å². The summed E-state index contributed by atoms with van der Waals surface area (Å²) in [6.07, 6.45) is 0. The minimum atomic E-state index is -1.08. The van der Waals surface area contributed by atoms with Crippen molar-refractivity contribution in [2.24, 2.45) is 0 Å². The molecule has 0 saturated carbocycles. The summed E-state index contributed by atoms with van der Waals surface area (Å²) < 4.78 is 0. The Morgan fingerprint density at radius 2 is 1.15 bits per heavy atom. The molecule has 0 aliphatic carbocycles. The molecule has 3 N–H and O–H groups in total. The van der Waals surface area contributed by atoms with Gasteiger partial charge in [0.15, 0.2) is 0 Å². The van der Waals surface area contributed by atoms with Gasteiger partial charge in [0, 0.05) is 18.5 Å². The maximum Gasteiger partial charge on any atom is 2.00 e. The zero-order valence-electron chi connectivity index (χ0n) is 7.59. The van der Waals surface area contributed by atoms with Gasteiger partial charge in [-0.3, -0.25) is 0 Å². The smallest absolute Gasteiger partial charge is 0.550 e. The average molecular weight is 246 g/mol. The molecular formula is C6H14CuO6. The van der Waals surface area contributed by atoms with Crippen LogP contribution in [0.1, 0.15) is 20.8 Å². The Hall–Kier alpha value is -0.621. The first-order chi connectivity index (χ1) is 4.88. The summed E-state index contributed by atoms with van der Waals surface area (Å²) in [6, 6.07) is 0. The van der Waals surface area contributed by atoms with Gasteiger partial charge in [-0.2, -0.15) is 0 Å². The van der Waals surface area contributed by atoms with Crippen LogP contribution in [0.15, 0.2) is 0 Å². The third-order valence-corrected chi connectivity index (χ3v) is 0. The van der Waals surface area contributed by atoms with Crippen molar-refractivity contribution >= 4 is 11.9 Å². The fraction of sp³-hybridized carbons (Fsp3) is 0.667. The Balaban J connectivity index is -0.0000000231. The molecule has 0 saturated heterocycles. The summed E-state index contributed by atoms with van der Waals surface area (Å²) in [6.45, 7) is 3.88. The molecule has 0 fully saturated rings. The molecule has 0 unspecified atom stereocenters. The molecule has 0 spiro atoms. The van der Waals surface area contributed by atoms with Crippen molar-refractivity contribution in [2.45, 2.75) is 20.8 Å². The minimum Gasteiger partial charge on any atom is -0.550 e. The standard InChI is InChI=1S/2C2H4O2.C2H6O.Cu.H2O/c2*1-2(3)4;1-2-3;;/h2*1H3,(H,3,4);3H,2H2,1H3;;1H2/q;;;+2;/p-2. The Morgan fingerprint density at radius 1 is 1.15 bits per heavy atom. The minimum absolute atomic E-state index is 0. The normalized spacial score (nSPS) is 5.23. The second-order valence-electron chi connectivity index (χ2n) is 1.30. The van der Waals surface area contributed by atoms with Crippen LogP contribution in [-0.2, 0) is 26.7 Å². The first-order valence-corrected chi connectivity index (χ1v) is 2.84. The Kier molecular flexibility index (Phi) is 68.2. The summed E-state index contributed by atoms with van der Waals surface area (Å²) in [7, 11) is 0. The van der Waals surface area contributed by atoms with E-state index in [4.69, 9.17) is 24.9 Å². The van der Waals surface area contributed by atoms with Gasteiger partial charge < -0.3 is 30.4 Å². The summed E-state index contributed by atoms with van der Waals surface area (Å²) >= 11 is 0. The summed E-state index contributed by atoms with van der Waals surface area (Å²) in [5, 5.41) is 25.3. The van der Waals surface area contributed by atoms with Crippen molar-refractivity contribution in [3.8, 4) is 0 Å². The van der Waals surface area contributed by atoms with Crippen LogP contribution in [0, 0.1) is 0 Å². The Morgan fingerprint density at radius 3 is 1.15 bits per heavy atom. The Bertz CT molecular complexity index is 85.3. The van der Waals surface area contributed by atoms with Crippen LogP contribution in [0.2, 0.25) is 0 Å². The van der Waals surface area contributed by atoms with Crippen LogP contribution in [-0.4, -0.2) is 29.1 Å². The summed E-state index contributed by atoms with van der Waals surface area (Å²) in [5.41, 5.74) is 0. The predicted molar refractivity (Wildman–Crippen MR) is 37.7 cm³/mol. The van der Waals surface area contributed by atoms with Crippen molar-refractivity contribution in [1.29, 1.82) is 0 Å². The molecule has 6 nitrogen and oxygen atoms in total. The van der Waals surface area contributed by atoms with Crippen LogP contribution in [0.5, 0.6) is 0 Å². The number of aliphatic carboxylic acids is 2. The van der Waals surface area contributed by atoms with Crippen molar-refractivity contribution in [3.63, 3.8) is 0 Å². The van der Waals surface area contributed by atoms with Gasteiger partial charge in [-0.1, -0.05) is 0 Å². The zero-order chi connectivity index (χ0) is 9.86. The van der Waals surface area contributed by atoms with Gasteiger partial charge in [-0.25, -0.2) is 0 Å². The number of aliphatic hydroxyl groups is 1. The van der Waals surface area contributed by atoms with Gasteiger partial charge in [0.1, 0.15) is 0 Å². The van der Waals surface area contributed by atoms with Crippen LogP contribution < -0.4 is 10.2 Å².